The molecule has 2 aromatic rings. The predicted molar refractivity (Wildman–Crippen MR) is 66.8 cm³/mol. The van der Waals surface area contributed by atoms with Gasteiger partial charge < -0.3 is 5.11 Å². The zero-order chi connectivity index (χ0) is 11.9. The third-order valence-corrected chi connectivity index (χ3v) is 3.59. The van der Waals surface area contributed by atoms with Gasteiger partial charge in [0.2, 0.25) is 0 Å². The molecular weight excluding hydrogens is 321 g/mol. The van der Waals surface area contributed by atoms with Crippen LogP contribution < -0.4 is 0 Å². The zero-order valence-corrected chi connectivity index (χ0v) is 11.0. The van der Waals surface area contributed by atoms with E-state index >= 15 is 0 Å². The van der Waals surface area contributed by atoms with Crippen LogP contribution in [0.5, 0.6) is 0 Å². The van der Waals surface area contributed by atoms with E-state index in [2.05, 4.69) is 32.7 Å². The summed E-state index contributed by atoms with van der Waals surface area (Å²) in [6.45, 7) is 3.79. The van der Waals surface area contributed by atoms with Gasteiger partial charge in [-0.1, -0.05) is 6.92 Å². The molecule has 5 nitrogen and oxygen atoms in total. The van der Waals surface area contributed by atoms with Crippen molar-refractivity contribution in [3.05, 3.63) is 26.7 Å². The Morgan fingerprint density at radius 3 is 2.88 bits per heavy atom. The summed E-state index contributed by atoms with van der Waals surface area (Å²) in [6, 6.07) is 1.57. The summed E-state index contributed by atoms with van der Waals surface area (Å²) >= 11 is 2.13. The summed E-state index contributed by atoms with van der Waals surface area (Å²) in [4.78, 5) is 15.5. The van der Waals surface area contributed by atoms with Crippen molar-refractivity contribution >= 4 is 34.2 Å². The number of aromatic nitrogens is 3. The van der Waals surface area contributed by atoms with E-state index in [1.165, 1.54) is 4.52 Å². The van der Waals surface area contributed by atoms with E-state index in [4.69, 9.17) is 5.11 Å². The van der Waals surface area contributed by atoms with Crippen molar-refractivity contribution < 1.29 is 9.90 Å². The highest BCUT2D eigenvalue weighted by molar-refractivity contribution is 14.1. The van der Waals surface area contributed by atoms with Gasteiger partial charge in [-0.15, -0.1) is 0 Å². The molecule has 0 saturated heterocycles. The van der Waals surface area contributed by atoms with Crippen LogP contribution in [0.4, 0.5) is 0 Å². The van der Waals surface area contributed by atoms with Crippen LogP contribution >= 0.6 is 22.6 Å². The molecule has 0 atom stereocenters. The molecule has 2 aromatic heterocycles. The molecule has 0 aliphatic rings. The molecular formula is C10H10IN3O2. The number of halogens is 1. The van der Waals surface area contributed by atoms with Crippen molar-refractivity contribution in [1.29, 1.82) is 0 Å². The molecule has 1 N–H and O–H groups in total. The van der Waals surface area contributed by atoms with Crippen LogP contribution in [-0.2, 0) is 6.42 Å². The van der Waals surface area contributed by atoms with E-state index < -0.39 is 5.97 Å². The predicted octanol–water partition coefficient (Wildman–Crippen LogP) is 1.90. The smallest absolute Gasteiger partial charge is 0.354 e. The zero-order valence-electron chi connectivity index (χ0n) is 8.86. The molecule has 6 heteroatoms. The molecule has 0 aliphatic heterocycles. The van der Waals surface area contributed by atoms with Gasteiger partial charge in [-0.05, 0) is 42.0 Å². The Bertz CT molecular complexity index is 577. The van der Waals surface area contributed by atoms with Crippen LogP contribution in [-0.4, -0.2) is 25.7 Å². The SMILES string of the molecule is CCc1cc(C(=O)O)n2nc(C)c(I)c2n1. The van der Waals surface area contributed by atoms with Gasteiger partial charge in [-0.25, -0.2) is 14.3 Å². The molecule has 0 radical (unpaired) electrons. The average molecular weight is 331 g/mol. The fraction of sp³-hybridized carbons (Fsp3) is 0.300. The van der Waals surface area contributed by atoms with E-state index in [1.807, 2.05) is 13.8 Å². The third-order valence-electron chi connectivity index (χ3n) is 2.33. The van der Waals surface area contributed by atoms with Crippen LogP contribution in [0, 0.1) is 10.5 Å². The number of fused-ring (bicyclic) bond motifs is 1. The Morgan fingerprint density at radius 1 is 1.62 bits per heavy atom. The summed E-state index contributed by atoms with van der Waals surface area (Å²) in [6.07, 6.45) is 0.705. The lowest BCUT2D eigenvalue weighted by atomic mass is 10.2. The summed E-state index contributed by atoms with van der Waals surface area (Å²) in [5.41, 5.74) is 2.34. The Kier molecular flexibility index (Phi) is 2.83. The standard InChI is InChI=1S/C10H10IN3O2/c1-3-6-4-7(10(15)16)14-9(12-6)8(11)5(2)13-14/h4H,3H2,1-2H3,(H,15,16). The van der Waals surface area contributed by atoms with Crippen molar-refractivity contribution in [2.24, 2.45) is 0 Å². The highest BCUT2D eigenvalue weighted by Crippen LogP contribution is 2.18. The molecule has 84 valence electrons. The number of aromatic carboxylic acids is 1. The van der Waals surface area contributed by atoms with E-state index in [1.54, 1.807) is 6.07 Å². The first-order valence-corrected chi connectivity index (χ1v) is 5.90. The molecule has 0 bridgehead atoms. The largest absolute Gasteiger partial charge is 0.477 e. The maximum Gasteiger partial charge on any atom is 0.354 e. The minimum Gasteiger partial charge on any atom is -0.477 e. The monoisotopic (exact) mass is 331 g/mol. The molecule has 0 spiro atoms. The normalized spacial score (nSPS) is 10.9. The van der Waals surface area contributed by atoms with Crippen LogP contribution in [0.25, 0.3) is 5.65 Å². The number of hydrogen-bond acceptors (Lipinski definition) is 3. The Balaban J connectivity index is 2.87. The lowest BCUT2D eigenvalue weighted by molar-refractivity contribution is 0.0687. The van der Waals surface area contributed by atoms with E-state index in [9.17, 15) is 4.79 Å². The quantitative estimate of drug-likeness (QED) is 0.854. The van der Waals surface area contributed by atoms with Gasteiger partial charge in [-0.3, -0.25) is 0 Å². The highest BCUT2D eigenvalue weighted by Gasteiger charge is 2.16. The van der Waals surface area contributed by atoms with Crippen LogP contribution in [0.15, 0.2) is 6.07 Å². The molecule has 0 fully saturated rings. The summed E-state index contributed by atoms with van der Waals surface area (Å²) < 4.78 is 2.29. The Morgan fingerprint density at radius 2 is 2.31 bits per heavy atom. The van der Waals surface area contributed by atoms with E-state index in [0.717, 1.165) is 15.0 Å². The van der Waals surface area contributed by atoms with E-state index in [-0.39, 0.29) is 5.69 Å². The molecule has 0 amide bonds. The second-order valence-electron chi connectivity index (χ2n) is 3.43. The highest BCUT2D eigenvalue weighted by atomic mass is 127. The minimum atomic E-state index is -0.985. The minimum absolute atomic E-state index is 0.160. The molecule has 2 heterocycles. The summed E-state index contributed by atoms with van der Waals surface area (Å²) in [5, 5.41) is 13.3. The molecule has 0 unspecified atom stereocenters. The van der Waals surface area contributed by atoms with Gasteiger partial charge in [0.1, 0.15) is 0 Å². The van der Waals surface area contributed by atoms with Crippen molar-refractivity contribution in [3.63, 3.8) is 0 Å². The summed E-state index contributed by atoms with van der Waals surface area (Å²) in [7, 11) is 0. The average Bonchev–Trinajstić information content (AvgIpc) is 2.54. The Labute approximate surface area is 106 Å². The molecule has 0 saturated carbocycles. The summed E-state index contributed by atoms with van der Waals surface area (Å²) in [5.74, 6) is -0.985. The van der Waals surface area contributed by atoms with E-state index in [0.29, 0.717) is 12.1 Å². The van der Waals surface area contributed by atoms with Crippen molar-refractivity contribution in [1.82, 2.24) is 14.6 Å². The molecule has 0 aromatic carbocycles. The first kappa shape index (κ1) is 11.3. The second kappa shape index (κ2) is 4.00. The van der Waals surface area contributed by atoms with Crippen LogP contribution in [0.2, 0.25) is 0 Å². The maximum absolute atomic E-state index is 11.1. The number of carboxylic acids is 1. The van der Waals surface area contributed by atoms with Gasteiger partial charge in [0.15, 0.2) is 11.3 Å². The van der Waals surface area contributed by atoms with Crippen molar-refractivity contribution in [2.45, 2.75) is 20.3 Å². The molecule has 2 rings (SSSR count). The van der Waals surface area contributed by atoms with Crippen molar-refractivity contribution in [2.75, 3.05) is 0 Å². The fourth-order valence-corrected chi connectivity index (χ4v) is 1.94. The lowest BCUT2D eigenvalue weighted by Gasteiger charge is -2.02. The van der Waals surface area contributed by atoms with Crippen LogP contribution in [0.1, 0.15) is 28.8 Å². The first-order valence-electron chi connectivity index (χ1n) is 4.82. The van der Waals surface area contributed by atoms with Gasteiger partial charge in [-0.2, -0.15) is 5.10 Å². The van der Waals surface area contributed by atoms with Gasteiger partial charge in [0.05, 0.1) is 9.26 Å². The Hall–Kier alpha value is -1.18. The maximum atomic E-state index is 11.1. The number of aryl methyl sites for hydroxylation is 2. The van der Waals surface area contributed by atoms with Gasteiger partial charge >= 0.3 is 5.97 Å². The van der Waals surface area contributed by atoms with Gasteiger partial charge in [0.25, 0.3) is 0 Å². The number of nitrogens with zero attached hydrogens (tertiary/aromatic N) is 3. The van der Waals surface area contributed by atoms with Crippen molar-refractivity contribution in [3.8, 4) is 0 Å². The van der Waals surface area contributed by atoms with Crippen LogP contribution in [0.3, 0.4) is 0 Å². The first-order chi connectivity index (χ1) is 7.54. The molecule has 0 aliphatic carbocycles. The molecule has 16 heavy (non-hydrogen) atoms. The number of rotatable bonds is 2. The number of carbonyl (C=O) groups is 1. The second-order valence-corrected chi connectivity index (χ2v) is 4.50. The number of carboxylic acid groups (broad SMARTS) is 1. The fourth-order valence-electron chi connectivity index (χ4n) is 1.48. The third kappa shape index (κ3) is 1.66. The lowest BCUT2D eigenvalue weighted by Crippen LogP contribution is -2.09. The topological polar surface area (TPSA) is 67.5 Å². The number of hydrogen-bond donors (Lipinski definition) is 1. The van der Waals surface area contributed by atoms with Gasteiger partial charge in [0, 0.05) is 5.69 Å².